The van der Waals surface area contributed by atoms with Crippen LogP contribution in [0.15, 0.2) is 16.7 Å². The van der Waals surface area contributed by atoms with Gasteiger partial charge in [-0.15, -0.1) is 0 Å². The zero-order valence-corrected chi connectivity index (χ0v) is 14.5. The predicted molar refractivity (Wildman–Crippen MR) is 87.7 cm³/mol. The molecule has 0 saturated heterocycles. The minimum absolute atomic E-state index is 0.0242. The van der Waals surface area contributed by atoms with Crippen LogP contribution in [0.4, 0.5) is 0 Å². The van der Waals surface area contributed by atoms with Crippen molar-refractivity contribution in [2.24, 2.45) is 22.7 Å². The van der Waals surface area contributed by atoms with Gasteiger partial charge in [0, 0.05) is 11.8 Å². The third kappa shape index (κ3) is 1.60. The van der Waals surface area contributed by atoms with E-state index in [9.17, 15) is 5.11 Å². The number of hydrogen-bond donors (Lipinski definition) is 1. The second kappa shape index (κ2) is 4.41. The van der Waals surface area contributed by atoms with Crippen LogP contribution in [0.3, 0.4) is 0 Å². The molecular weight excluding hydrogens is 272 g/mol. The molecule has 0 bridgehead atoms. The number of furan rings is 1. The van der Waals surface area contributed by atoms with Crippen LogP contribution in [-0.2, 0) is 6.42 Å². The lowest BCUT2D eigenvalue weighted by Crippen LogP contribution is -2.66. The highest BCUT2D eigenvalue weighted by Crippen LogP contribution is 2.66. The van der Waals surface area contributed by atoms with Gasteiger partial charge in [0.05, 0.1) is 11.9 Å². The van der Waals surface area contributed by atoms with Crippen molar-refractivity contribution >= 4 is 0 Å². The molecule has 3 aliphatic rings. The molecule has 1 N–H and O–H groups in total. The number of aliphatic hydroxyl groups is 1. The summed E-state index contributed by atoms with van der Waals surface area (Å²) in [4.78, 5) is 0. The van der Waals surface area contributed by atoms with Crippen molar-refractivity contribution in [1.29, 1.82) is 0 Å². The Bertz CT molecular complexity index is 586. The topological polar surface area (TPSA) is 33.4 Å². The van der Waals surface area contributed by atoms with Gasteiger partial charge in [-0.2, -0.15) is 0 Å². The zero-order valence-electron chi connectivity index (χ0n) is 14.5. The molecule has 4 rings (SSSR count). The molecule has 122 valence electrons. The Kier molecular flexibility index (Phi) is 2.97. The molecule has 3 aliphatic carbocycles. The van der Waals surface area contributed by atoms with Crippen LogP contribution in [0, 0.1) is 22.7 Å². The fraction of sp³-hybridized carbons (Fsp3) is 0.800. The first kappa shape index (κ1) is 14.8. The summed E-state index contributed by atoms with van der Waals surface area (Å²) in [6.07, 6.45) is 8.56. The molecule has 2 saturated carbocycles. The summed E-state index contributed by atoms with van der Waals surface area (Å²) in [5, 5.41) is 11.8. The summed E-state index contributed by atoms with van der Waals surface area (Å²) in [5.74, 6) is 3.00. The molecule has 1 aromatic rings. The molecule has 0 spiro atoms. The minimum Gasteiger partial charge on any atom is -0.469 e. The second-order valence-electron chi connectivity index (χ2n) is 9.12. The van der Waals surface area contributed by atoms with Crippen LogP contribution >= 0.6 is 0 Å². The van der Waals surface area contributed by atoms with E-state index in [2.05, 4.69) is 33.8 Å². The number of rotatable bonds is 0. The van der Waals surface area contributed by atoms with Crippen molar-refractivity contribution in [3.05, 3.63) is 23.7 Å². The summed E-state index contributed by atoms with van der Waals surface area (Å²) >= 11 is 0. The third-order valence-corrected chi connectivity index (χ3v) is 8.05. The zero-order chi connectivity index (χ0) is 15.8. The van der Waals surface area contributed by atoms with Crippen molar-refractivity contribution in [3.63, 3.8) is 0 Å². The molecular formula is C20H30O2. The van der Waals surface area contributed by atoms with Gasteiger partial charge >= 0.3 is 0 Å². The maximum absolute atomic E-state index is 11.8. The van der Waals surface area contributed by atoms with Gasteiger partial charge in [-0.1, -0.05) is 34.1 Å². The normalized spacial score (nSPS) is 46.5. The van der Waals surface area contributed by atoms with Crippen LogP contribution in [0.2, 0.25) is 0 Å². The van der Waals surface area contributed by atoms with Crippen LogP contribution in [-0.4, -0.2) is 10.7 Å². The summed E-state index contributed by atoms with van der Waals surface area (Å²) in [6.45, 7) is 9.32. The second-order valence-corrected chi connectivity index (χ2v) is 9.12. The molecule has 0 amide bonds. The summed E-state index contributed by atoms with van der Waals surface area (Å²) < 4.78 is 5.80. The summed E-state index contributed by atoms with van der Waals surface area (Å²) in [5.41, 5.74) is 0.947. The van der Waals surface area contributed by atoms with E-state index in [-0.39, 0.29) is 10.8 Å². The van der Waals surface area contributed by atoms with E-state index in [1.54, 1.807) is 0 Å². The Balaban J connectivity index is 1.80. The fourth-order valence-electron chi connectivity index (χ4n) is 6.58. The highest BCUT2D eigenvalue weighted by molar-refractivity contribution is 5.29. The Labute approximate surface area is 134 Å². The predicted octanol–water partition coefficient (Wildman–Crippen LogP) is 4.91. The average Bonchev–Trinajstić information content (AvgIpc) is 2.91. The van der Waals surface area contributed by atoms with Crippen LogP contribution in [0.1, 0.15) is 77.0 Å². The molecule has 2 nitrogen and oxygen atoms in total. The van der Waals surface area contributed by atoms with Crippen LogP contribution < -0.4 is 0 Å². The van der Waals surface area contributed by atoms with Crippen molar-refractivity contribution < 1.29 is 9.52 Å². The van der Waals surface area contributed by atoms with Crippen LogP contribution in [0.5, 0.6) is 0 Å². The lowest BCUT2D eigenvalue weighted by molar-refractivity contribution is -0.240. The van der Waals surface area contributed by atoms with Crippen molar-refractivity contribution in [1.82, 2.24) is 0 Å². The van der Waals surface area contributed by atoms with E-state index in [4.69, 9.17) is 4.42 Å². The van der Waals surface area contributed by atoms with Gasteiger partial charge < -0.3 is 9.52 Å². The molecule has 2 heteroatoms. The van der Waals surface area contributed by atoms with E-state index < -0.39 is 5.60 Å². The van der Waals surface area contributed by atoms with Crippen molar-refractivity contribution in [2.75, 3.05) is 0 Å². The van der Waals surface area contributed by atoms with Gasteiger partial charge in [0.25, 0.3) is 0 Å². The van der Waals surface area contributed by atoms with Crippen molar-refractivity contribution in [3.8, 4) is 0 Å². The highest BCUT2D eigenvalue weighted by Gasteiger charge is 2.65. The highest BCUT2D eigenvalue weighted by atomic mass is 16.3. The Hall–Kier alpha value is -0.760. The maximum Gasteiger partial charge on any atom is 0.107 e. The largest absolute Gasteiger partial charge is 0.469 e. The molecule has 0 unspecified atom stereocenters. The lowest BCUT2D eigenvalue weighted by atomic mass is 9.41. The van der Waals surface area contributed by atoms with E-state index in [0.29, 0.717) is 17.8 Å². The number of fused-ring (bicyclic) bond motifs is 4. The lowest BCUT2D eigenvalue weighted by Gasteiger charge is -2.65. The van der Waals surface area contributed by atoms with Gasteiger partial charge in [0.1, 0.15) is 5.76 Å². The smallest absolute Gasteiger partial charge is 0.107 e. The minimum atomic E-state index is -0.525. The molecule has 1 aromatic heterocycles. The summed E-state index contributed by atoms with van der Waals surface area (Å²) in [6, 6.07) is 2.17. The van der Waals surface area contributed by atoms with Crippen molar-refractivity contribution in [2.45, 2.75) is 77.7 Å². The first-order chi connectivity index (χ1) is 10.3. The first-order valence-corrected chi connectivity index (χ1v) is 9.09. The average molecular weight is 302 g/mol. The molecule has 22 heavy (non-hydrogen) atoms. The molecule has 0 radical (unpaired) electrons. The van der Waals surface area contributed by atoms with Gasteiger partial charge in [-0.05, 0) is 60.5 Å². The SMILES string of the molecule is C[C@H]1c2ccoc2C[C@H]2[C@@H]1CC[C@@]1(O)C(C)(C)CCC[C@]21C. The Morgan fingerprint density at radius 3 is 2.73 bits per heavy atom. The van der Waals surface area contributed by atoms with Crippen LogP contribution in [0.25, 0.3) is 0 Å². The Morgan fingerprint density at radius 1 is 1.18 bits per heavy atom. The van der Waals surface area contributed by atoms with Gasteiger partial charge in [-0.25, -0.2) is 0 Å². The van der Waals surface area contributed by atoms with E-state index >= 15 is 0 Å². The van der Waals surface area contributed by atoms with E-state index in [0.717, 1.165) is 32.1 Å². The maximum atomic E-state index is 11.8. The standard InChI is InChI=1S/C20H30O2/c1-13-14-6-10-20(21)18(2,3)8-5-9-19(20,4)16(14)12-17-15(13)7-11-22-17/h7,11,13-14,16,21H,5-6,8-10,12H2,1-4H3/t13-,14-,16+,19-,20-/m1/s1. The van der Waals surface area contributed by atoms with Gasteiger partial charge in [0.15, 0.2) is 0 Å². The Morgan fingerprint density at radius 2 is 1.95 bits per heavy atom. The third-order valence-electron chi connectivity index (χ3n) is 8.05. The van der Waals surface area contributed by atoms with E-state index in [1.807, 2.05) is 6.26 Å². The quantitative estimate of drug-likeness (QED) is 0.738. The fourth-order valence-corrected chi connectivity index (χ4v) is 6.58. The molecule has 1 heterocycles. The molecule has 2 fully saturated rings. The molecule has 0 aromatic carbocycles. The van der Waals surface area contributed by atoms with Gasteiger partial charge in [-0.3, -0.25) is 0 Å². The first-order valence-electron chi connectivity index (χ1n) is 9.09. The molecule has 5 atom stereocenters. The number of hydrogen-bond acceptors (Lipinski definition) is 2. The monoisotopic (exact) mass is 302 g/mol. The summed E-state index contributed by atoms with van der Waals surface area (Å²) in [7, 11) is 0. The van der Waals surface area contributed by atoms with Gasteiger partial charge in [0.2, 0.25) is 0 Å². The molecule has 0 aliphatic heterocycles. The van der Waals surface area contributed by atoms with E-state index in [1.165, 1.54) is 17.7 Å².